The lowest BCUT2D eigenvalue weighted by molar-refractivity contribution is 0.0298. The molecule has 10 heteroatoms. The third kappa shape index (κ3) is 3.65. The Hall–Kier alpha value is -3.24. The van der Waals surface area contributed by atoms with Crippen LogP contribution in [0, 0.1) is 0 Å². The first-order valence-electron chi connectivity index (χ1n) is 11.1. The monoisotopic (exact) mass is 438 g/mol. The highest BCUT2D eigenvalue weighted by molar-refractivity contribution is 6.07. The summed E-state index contributed by atoms with van der Waals surface area (Å²) in [5, 5.41) is 10.2. The number of anilines is 2. The number of benzene rings is 1. The number of carbonyl (C=O) groups is 1. The van der Waals surface area contributed by atoms with Crippen LogP contribution in [0.5, 0.6) is 11.5 Å². The number of H-pyrrole nitrogens is 1. The molecule has 0 bridgehead atoms. The van der Waals surface area contributed by atoms with Crippen molar-refractivity contribution in [2.24, 2.45) is 4.99 Å². The number of guanidine groups is 1. The fourth-order valence-electron chi connectivity index (χ4n) is 4.20. The molecule has 10 nitrogen and oxygen atoms in total. The van der Waals surface area contributed by atoms with Gasteiger partial charge in [0.15, 0.2) is 11.5 Å². The van der Waals surface area contributed by atoms with Gasteiger partial charge in [0.25, 0.3) is 5.91 Å². The Labute approximate surface area is 185 Å². The van der Waals surface area contributed by atoms with Crippen LogP contribution in [0.25, 0.3) is 0 Å². The van der Waals surface area contributed by atoms with Crippen molar-refractivity contribution in [3.8, 4) is 11.5 Å². The number of carbonyl (C=O) groups excluding carboxylic acids is 1. The van der Waals surface area contributed by atoms with E-state index in [0.29, 0.717) is 74.3 Å². The zero-order valence-electron chi connectivity index (χ0n) is 17.6. The van der Waals surface area contributed by atoms with E-state index in [0.717, 1.165) is 11.4 Å². The summed E-state index contributed by atoms with van der Waals surface area (Å²) in [6.45, 7) is 3.06. The number of aliphatic imine (C=N–C) groups is 1. The van der Waals surface area contributed by atoms with Gasteiger partial charge in [0.2, 0.25) is 5.96 Å². The molecular formula is C22H26N6O4. The van der Waals surface area contributed by atoms with E-state index in [1.54, 1.807) is 11.0 Å². The van der Waals surface area contributed by atoms with Crippen LogP contribution < -0.4 is 25.4 Å². The van der Waals surface area contributed by atoms with Gasteiger partial charge < -0.3 is 34.7 Å². The molecule has 4 aliphatic rings. The van der Waals surface area contributed by atoms with Crippen molar-refractivity contribution >= 4 is 23.4 Å². The summed E-state index contributed by atoms with van der Waals surface area (Å²) in [5.74, 6) is 2.44. The predicted molar refractivity (Wildman–Crippen MR) is 119 cm³/mol. The highest BCUT2D eigenvalue weighted by Gasteiger charge is 2.31. The number of aromatic amines is 1. The number of nitrogens with one attached hydrogen (secondary N) is 4. The Balaban J connectivity index is 1.28. The molecule has 1 saturated carbocycles. The fraction of sp³-hybridized carbons (Fsp3) is 0.455. The largest absolute Gasteiger partial charge is 0.485 e. The summed E-state index contributed by atoms with van der Waals surface area (Å²) in [7, 11) is 0. The lowest BCUT2D eigenvalue weighted by Gasteiger charge is -2.30. The van der Waals surface area contributed by atoms with E-state index in [1.807, 2.05) is 18.3 Å². The molecule has 1 aliphatic carbocycles. The maximum Gasteiger partial charge on any atom is 0.257 e. The maximum absolute atomic E-state index is 13.1. The van der Waals surface area contributed by atoms with Crippen molar-refractivity contribution in [1.29, 1.82) is 0 Å². The molecule has 1 unspecified atom stereocenters. The van der Waals surface area contributed by atoms with E-state index in [9.17, 15) is 4.79 Å². The lowest BCUT2D eigenvalue weighted by atomic mass is 10.1. The van der Waals surface area contributed by atoms with Gasteiger partial charge in [-0.2, -0.15) is 0 Å². The molecule has 1 aromatic heterocycles. The Morgan fingerprint density at radius 2 is 1.88 bits per heavy atom. The molecular weight excluding hydrogens is 412 g/mol. The first-order valence-corrected chi connectivity index (χ1v) is 11.1. The first-order chi connectivity index (χ1) is 15.8. The third-order valence-corrected chi connectivity index (χ3v) is 6.02. The molecule has 168 valence electrons. The number of rotatable bonds is 4. The Kier molecular flexibility index (Phi) is 4.88. The van der Waals surface area contributed by atoms with Crippen LogP contribution in [0.2, 0.25) is 0 Å². The molecule has 0 radical (unpaired) electrons. The van der Waals surface area contributed by atoms with Gasteiger partial charge in [-0.15, -0.1) is 0 Å². The van der Waals surface area contributed by atoms with Crippen LogP contribution in [0.4, 0.5) is 11.5 Å². The zero-order valence-corrected chi connectivity index (χ0v) is 17.6. The Bertz CT molecular complexity index is 1060. The van der Waals surface area contributed by atoms with Gasteiger partial charge >= 0.3 is 0 Å². The first kappa shape index (κ1) is 19.4. The summed E-state index contributed by atoms with van der Waals surface area (Å²) in [6.07, 6.45) is 4.14. The average Bonchev–Trinajstić information content (AvgIpc) is 3.52. The Morgan fingerprint density at radius 1 is 1.06 bits per heavy atom. The summed E-state index contributed by atoms with van der Waals surface area (Å²) in [4.78, 5) is 22.9. The quantitative estimate of drug-likeness (QED) is 0.577. The van der Waals surface area contributed by atoms with Gasteiger partial charge in [-0.05, 0) is 31.0 Å². The van der Waals surface area contributed by atoms with Gasteiger partial charge in [-0.25, -0.2) is 4.99 Å². The van der Waals surface area contributed by atoms with E-state index in [4.69, 9.17) is 19.2 Å². The molecule has 1 amide bonds. The van der Waals surface area contributed by atoms with Crippen molar-refractivity contribution < 1.29 is 19.0 Å². The average molecular weight is 438 g/mol. The highest BCUT2D eigenvalue weighted by Crippen LogP contribution is 2.41. The molecule has 6 rings (SSSR count). The van der Waals surface area contributed by atoms with Crippen molar-refractivity contribution in [2.45, 2.75) is 25.0 Å². The van der Waals surface area contributed by atoms with E-state index >= 15 is 0 Å². The number of aromatic nitrogens is 1. The van der Waals surface area contributed by atoms with Gasteiger partial charge in [-0.3, -0.25) is 10.1 Å². The van der Waals surface area contributed by atoms with Crippen LogP contribution in [0.3, 0.4) is 0 Å². The van der Waals surface area contributed by atoms with E-state index in [2.05, 4.69) is 20.9 Å². The lowest BCUT2D eigenvalue weighted by Crippen LogP contribution is -2.41. The third-order valence-electron chi connectivity index (χ3n) is 6.02. The molecule has 32 heavy (non-hydrogen) atoms. The number of amides is 1. The van der Waals surface area contributed by atoms with Crippen LogP contribution in [-0.2, 0) is 4.74 Å². The molecule has 2 fully saturated rings. The smallest absolute Gasteiger partial charge is 0.257 e. The summed E-state index contributed by atoms with van der Waals surface area (Å²) >= 11 is 0. The molecule has 1 saturated heterocycles. The molecule has 4 N–H and O–H groups in total. The van der Waals surface area contributed by atoms with E-state index < -0.39 is 0 Å². The van der Waals surface area contributed by atoms with Crippen molar-refractivity contribution in [3.05, 3.63) is 35.5 Å². The summed E-state index contributed by atoms with van der Waals surface area (Å²) in [5.41, 5.74) is 2.30. The normalized spacial score (nSPS) is 21.9. The molecule has 2 aromatic rings. The standard InChI is InChI=1S/C22H26N6O4/c29-21(28-7-9-30-10-8-28)14-3-4-16(18-17(14)31-11-12-32-18)25-22-26-19-15(5-6-23-19)20(27-22)24-13-1-2-13/h3-6,13,20,23-24H,1-2,7-12H2,(H2,25,26,27). The topological polar surface area (TPSA) is 112 Å². The van der Waals surface area contributed by atoms with E-state index in [-0.39, 0.29) is 12.1 Å². The second kappa shape index (κ2) is 8.03. The molecule has 1 atom stereocenters. The molecule has 4 heterocycles. The number of hydrogen-bond donors (Lipinski definition) is 4. The van der Waals surface area contributed by atoms with Crippen LogP contribution in [0.15, 0.2) is 29.4 Å². The van der Waals surface area contributed by atoms with E-state index in [1.165, 1.54) is 12.8 Å². The molecule has 3 aliphatic heterocycles. The number of ether oxygens (including phenoxy) is 3. The van der Waals surface area contributed by atoms with Gasteiger partial charge in [-0.1, -0.05) is 0 Å². The van der Waals surface area contributed by atoms with Crippen molar-refractivity contribution in [1.82, 2.24) is 15.2 Å². The second-order valence-electron chi connectivity index (χ2n) is 8.30. The molecule has 1 aromatic carbocycles. The number of fused-ring (bicyclic) bond motifs is 2. The molecule has 0 spiro atoms. The summed E-state index contributed by atoms with van der Waals surface area (Å²) in [6, 6.07) is 6.18. The minimum absolute atomic E-state index is 0.0699. The van der Waals surface area contributed by atoms with Crippen LogP contribution in [-0.4, -0.2) is 67.3 Å². The number of nitrogens with zero attached hydrogens (tertiary/aromatic N) is 2. The Morgan fingerprint density at radius 3 is 2.69 bits per heavy atom. The fourth-order valence-corrected chi connectivity index (χ4v) is 4.20. The second-order valence-corrected chi connectivity index (χ2v) is 8.30. The van der Waals surface area contributed by atoms with Crippen LogP contribution in [0.1, 0.15) is 34.9 Å². The van der Waals surface area contributed by atoms with Crippen LogP contribution >= 0.6 is 0 Å². The number of morpholine rings is 1. The van der Waals surface area contributed by atoms with Crippen molar-refractivity contribution in [3.63, 3.8) is 0 Å². The maximum atomic E-state index is 13.1. The minimum Gasteiger partial charge on any atom is -0.485 e. The van der Waals surface area contributed by atoms with Gasteiger partial charge in [0.1, 0.15) is 25.2 Å². The number of hydrogen-bond acceptors (Lipinski definition) is 8. The van der Waals surface area contributed by atoms with Crippen molar-refractivity contribution in [2.75, 3.05) is 50.2 Å². The highest BCUT2D eigenvalue weighted by atomic mass is 16.6. The SMILES string of the molecule is O=C(c1ccc(NC2=NC(NC3CC3)c3cc[nH]c3N2)c2c1OCCO2)N1CCOCC1. The minimum atomic E-state index is -0.123. The van der Waals surface area contributed by atoms with Gasteiger partial charge in [0.05, 0.1) is 24.5 Å². The van der Waals surface area contributed by atoms with Gasteiger partial charge in [0, 0.05) is 30.9 Å². The predicted octanol–water partition coefficient (Wildman–Crippen LogP) is 1.90. The zero-order chi connectivity index (χ0) is 21.5. The summed E-state index contributed by atoms with van der Waals surface area (Å²) < 4.78 is 17.2.